The summed E-state index contributed by atoms with van der Waals surface area (Å²) < 4.78 is 0. The Balaban J connectivity index is 2.98. The minimum Gasteiger partial charge on any atom is -0.344 e. The molecule has 0 saturated carbocycles. The Morgan fingerprint density at radius 2 is 1.95 bits per heavy atom. The number of hydrogen-bond donors (Lipinski definition) is 1. The maximum Gasteiger partial charge on any atom is 0.103 e. The molecular weight excluding hydrogens is 282 g/mol. The van der Waals surface area contributed by atoms with Crippen LogP contribution in [-0.2, 0) is 0 Å². The van der Waals surface area contributed by atoms with E-state index in [-0.39, 0.29) is 0 Å². The zero-order chi connectivity index (χ0) is 15.7. The summed E-state index contributed by atoms with van der Waals surface area (Å²) in [5.41, 5.74) is 2.72. The van der Waals surface area contributed by atoms with Gasteiger partial charge in [-0.1, -0.05) is 42.8 Å². The molecule has 1 aromatic carbocycles. The number of amidine groups is 1. The third-order valence-electron chi connectivity index (χ3n) is 2.83. The first kappa shape index (κ1) is 17.2. The summed E-state index contributed by atoms with van der Waals surface area (Å²) in [5, 5.41) is 3.88. The van der Waals surface area contributed by atoms with Gasteiger partial charge in [-0.2, -0.15) is 0 Å². The zero-order valence-corrected chi connectivity index (χ0v) is 13.8. The molecule has 0 heterocycles. The Kier molecular flexibility index (Phi) is 7.48. The van der Waals surface area contributed by atoms with E-state index >= 15 is 0 Å². The van der Waals surface area contributed by atoms with Gasteiger partial charge in [-0.25, -0.2) is 4.99 Å². The highest BCUT2D eigenvalue weighted by molar-refractivity contribution is 6.33. The first-order chi connectivity index (χ1) is 10.1. The topological polar surface area (TPSA) is 36.8 Å². The van der Waals surface area contributed by atoms with E-state index in [0.717, 1.165) is 29.2 Å². The van der Waals surface area contributed by atoms with Crippen LogP contribution in [0.15, 0.2) is 62.7 Å². The average Bonchev–Trinajstić information content (AvgIpc) is 2.50. The quantitative estimate of drug-likeness (QED) is 0.462. The first-order valence-corrected chi connectivity index (χ1v) is 7.35. The monoisotopic (exact) mass is 303 g/mol. The van der Waals surface area contributed by atoms with Crippen LogP contribution >= 0.6 is 11.6 Å². The van der Waals surface area contributed by atoms with Gasteiger partial charge >= 0.3 is 0 Å². The minimum absolute atomic E-state index is 0.639. The average molecular weight is 304 g/mol. The fraction of sp³-hybridized carbons (Fsp3) is 0.294. The third-order valence-corrected chi connectivity index (χ3v) is 3.27. The van der Waals surface area contributed by atoms with Gasteiger partial charge in [0.15, 0.2) is 0 Å². The van der Waals surface area contributed by atoms with Gasteiger partial charge in [0.25, 0.3) is 0 Å². The van der Waals surface area contributed by atoms with Crippen LogP contribution in [0.4, 0.5) is 5.69 Å². The molecule has 1 aromatic rings. The molecule has 0 bridgehead atoms. The van der Waals surface area contributed by atoms with Crippen molar-refractivity contribution in [1.82, 2.24) is 0 Å². The van der Waals surface area contributed by atoms with Gasteiger partial charge in [-0.3, -0.25) is 4.99 Å². The summed E-state index contributed by atoms with van der Waals surface area (Å²) >= 11 is 6.42. The third kappa shape index (κ3) is 5.56. The lowest BCUT2D eigenvalue weighted by Gasteiger charge is -2.08. The molecule has 21 heavy (non-hydrogen) atoms. The fourth-order valence-corrected chi connectivity index (χ4v) is 2.14. The van der Waals surface area contributed by atoms with Crippen LogP contribution in [0.3, 0.4) is 0 Å². The van der Waals surface area contributed by atoms with Gasteiger partial charge in [0.2, 0.25) is 0 Å². The van der Waals surface area contributed by atoms with Crippen LogP contribution in [0.1, 0.15) is 27.2 Å². The molecule has 0 spiro atoms. The molecule has 0 unspecified atom stereocenters. The van der Waals surface area contributed by atoms with Crippen molar-refractivity contribution >= 4 is 29.3 Å². The van der Waals surface area contributed by atoms with E-state index in [2.05, 4.69) is 15.3 Å². The molecule has 0 aliphatic heterocycles. The van der Waals surface area contributed by atoms with Crippen molar-refractivity contribution in [2.24, 2.45) is 9.98 Å². The van der Waals surface area contributed by atoms with Crippen LogP contribution in [0.25, 0.3) is 0 Å². The van der Waals surface area contributed by atoms with Gasteiger partial charge in [-0.05, 0) is 38.0 Å². The molecule has 0 aliphatic rings. The predicted molar refractivity (Wildman–Crippen MR) is 94.5 cm³/mol. The van der Waals surface area contributed by atoms with Gasteiger partial charge < -0.3 is 5.32 Å². The van der Waals surface area contributed by atoms with Gasteiger partial charge in [0.1, 0.15) is 5.84 Å². The molecule has 0 radical (unpaired) electrons. The minimum atomic E-state index is 0.639. The highest BCUT2D eigenvalue weighted by Gasteiger charge is 2.06. The second-order valence-electron chi connectivity index (χ2n) is 4.44. The molecule has 0 fully saturated rings. The summed E-state index contributed by atoms with van der Waals surface area (Å²) in [7, 11) is 1.74. The van der Waals surface area contributed by atoms with E-state index in [9.17, 15) is 0 Å². The van der Waals surface area contributed by atoms with E-state index in [4.69, 9.17) is 11.6 Å². The van der Waals surface area contributed by atoms with Crippen LogP contribution < -0.4 is 5.32 Å². The number of allylic oxidation sites excluding steroid dienone is 3. The van der Waals surface area contributed by atoms with Crippen molar-refractivity contribution in [2.75, 3.05) is 12.4 Å². The van der Waals surface area contributed by atoms with E-state index in [0.29, 0.717) is 5.03 Å². The molecule has 112 valence electrons. The number of hydrogen-bond acceptors (Lipinski definition) is 2. The Bertz CT molecular complexity index is 569. The summed E-state index contributed by atoms with van der Waals surface area (Å²) in [5.74, 6) is 0.788. The molecule has 3 nitrogen and oxygen atoms in total. The van der Waals surface area contributed by atoms with Crippen molar-refractivity contribution in [2.45, 2.75) is 27.2 Å². The zero-order valence-electron chi connectivity index (χ0n) is 13.0. The standard InChI is InChI=1S/C17H22ClN3/c1-5-14(12-19-4)17(18)16(6-2)21-13(3)20-15-10-8-7-9-11-15/h6-12H,5H2,1-4H3,(H,20,21)/b16-6-,17-14+,19-12-. The van der Waals surface area contributed by atoms with Gasteiger partial charge in [-0.15, -0.1) is 0 Å². The lowest BCUT2D eigenvalue weighted by molar-refractivity contribution is 1.15. The number of halogens is 1. The number of nitrogens with one attached hydrogen (secondary N) is 1. The van der Waals surface area contributed by atoms with Crippen molar-refractivity contribution in [3.05, 3.63) is 52.7 Å². The second-order valence-corrected chi connectivity index (χ2v) is 4.82. The Morgan fingerprint density at radius 1 is 1.29 bits per heavy atom. The molecule has 0 aromatic heterocycles. The van der Waals surface area contributed by atoms with Gasteiger partial charge in [0.05, 0.1) is 10.7 Å². The maximum absolute atomic E-state index is 6.42. The van der Waals surface area contributed by atoms with Crippen molar-refractivity contribution in [3.8, 4) is 0 Å². The normalized spacial score (nSPS) is 14.3. The summed E-state index contributed by atoms with van der Waals surface area (Å²) in [4.78, 5) is 8.59. The Labute approximate surface area is 132 Å². The number of benzene rings is 1. The maximum atomic E-state index is 6.42. The summed E-state index contributed by atoms with van der Waals surface area (Å²) in [6.45, 7) is 5.89. The van der Waals surface area contributed by atoms with Crippen molar-refractivity contribution in [3.63, 3.8) is 0 Å². The lowest BCUT2D eigenvalue weighted by atomic mass is 10.2. The lowest BCUT2D eigenvalue weighted by Crippen LogP contribution is -2.07. The second kappa shape index (κ2) is 9.14. The molecule has 0 amide bonds. The van der Waals surface area contributed by atoms with Crippen LogP contribution in [-0.4, -0.2) is 19.1 Å². The summed E-state index contributed by atoms with van der Waals surface area (Å²) in [6.07, 6.45) is 4.49. The predicted octanol–water partition coefficient (Wildman–Crippen LogP) is 5.02. The van der Waals surface area contributed by atoms with E-state index in [1.807, 2.05) is 57.2 Å². The molecule has 0 aliphatic carbocycles. The van der Waals surface area contributed by atoms with Gasteiger partial charge in [0, 0.05) is 18.9 Å². The highest BCUT2D eigenvalue weighted by atomic mass is 35.5. The van der Waals surface area contributed by atoms with E-state index in [1.165, 1.54) is 0 Å². The Morgan fingerprint density at radius 3 is 2.48 bits per heavy atom. The summed E-state index contributed by atoms with van der Waals surface area (Å²) in [6, 6.07) is 9.92. The SMILES string of the molecule is C/C=C(\N=C(/C)Nc1ccccc1)C(/Cl)=C(\C=N/C)CC. The smallest absolute Gasteiger partial charge is 0.103 e. The van der Waals surface area contributed by atoms with Crippen LogP contribution in [0, 0.1) is 0 Å². The molecule has 1 N–H and O–H groups in total. The number of nitrogens with zero attached hydrogens (tertiary/aromatic N) is 2. The fourth-order valence-electron chi connectivity index (χ4n) is 1.80. The molecule has 1 rings (SSSR count). The molecular formula is C17H22ClN3. The van der Waals surface area contributed by atoms with Crippen molar-refractivity contribution < 1.29 is 0 Å². The highest BCUT2D eigenvalue weighted by Crippen LogP contribution is 2.22. The number of anilines is 1. The first-order valence-electron chi connectivity index (χ1n) is 6.97. The molecule has 0 saturated heterocycles. The molecule has 0 atom stereocenters. The van der Waals surface area contributed by atoms with Crippen molar-refractivity contribution in [1.29, 1.82) is 0 Å². The number of rotatable bonds is 5. The number of para-hydroxylation sites is 1. The van der Waals surface area contributed by atoms with E-state index in [1.54, 1.807) is 13.3 Å². The number of aliphatic imine (C=N–C) groups is 2. The van der Waals surface area contributed by atoms with Crippen LogP contribution in [0.5, 0.6) is 0 Å². The van der Waals surface area contributed by atoms with Crippen LogP contribution in [0.2, 0.25) is 0 Å². The Hall–Kier alpha value is -1.87. The largest absolute Gasteiger partial charge is 0.344 e. The van der Waals surface area contributed by atoms with E-state index < -0.39 is 0 Å². The molecule has 4 heteroatoms.